The Morgan fingerprint density at radius 3 is 0.722 bits per heavy atom. The number of aliphatic carboxylic acids is 4. The van der Waals surface area contributed by atoms with Gasteiger partial charge in [-0.25, -0.2) is 0 Å². The van der Waals surface area contributed by atoms with Gasteiger partial charge in [0, 0.05) is 0 Å². The van der Waals surface area contributed by atoms with E-state index in [9.17, 15) is 19.2 Å². The highest BCUT2D eigenvalue weighted by atomic mass is 16.4. The number of hydrogen-bond acceptors (Lipinski definition) is 6. The van der Waals surface area contributed by atoms with Crippen molar-refractivity contribution < 1.29 is 49.8 Å². The van der Waals surface area contributed by atoms with Crippen molar-refractivity contribution in [2.45, 2.75) is 12.8 Å². The van der Waals surface area contributed by atoms with Gasteiger partial charge in [-0.3, -0.25) is 19.2 Å². The lowest BCUT2D eigenvalue weighted by molar-refractivity contribution is -0.149. The summed E-state index contributed by atoms with van der Waals surface area (Å²) in [4.78, 5) is 37.7. The first-order valence-electron chi connectivity index (χ1n) is 4.26. The Hall–Kier alpha value is -2.20. The summed E-state index contributed by atoms with van der Waals surface area (Å²) in [5, 5.41) is 46.1. The van der Waals surface area contributed by atoms with E-state index in [0.717, 1.165) is 0 Å². The van der Waals surface area contributed by atoms with Gasteiger partial charge in [-0.2, -0.15) is 0 Å². The molecule has 0 bridgehead atoms. The lowest BCUT2D eigenvalue weighted by atomic mass is 10.5. The fourth-order valence-electron chi connectivity index (χ4n) is 0.259. The molecule has 0 unspecified atom stereocenters. The van der Waals surface area contributed by atoms with Gasteiger partial charge < -0.3 is 30.6 Å². The molecule has 6 N–H and O–H groups in total. The van der Waals surface area contributed by atoms with E-state index in [-0.39, 0.29) is 13.2 Å². The van der Waals surface area contributed by atoms with E-state index >= 15 is 0 Å². The zero-order chi connectivity index (χ0) is 15.1. The molecule has 0 aliphatic heterocycles. The lowest BCUT2D eigenvalue weighted by Gasteiger charge is -1.80. The van der Waals surface area contributed by atoms with Crippen molar-refractivity contribution in [3.05, 3.63) is 0 Å². The Morgan fingerprint density at radius 1 is 0.556 bits per heavy atom. The molecule has 0 aromatic carbocycles. The number of carboxylic acids is 4. The minimum atomic E-state index is -1.31. The van der Waals surface area contributed by atoms with Gasteiger partial charge in [0.15, 0.2) is 0 Å². The van der Waals surface area contributed by atoms with E-state index < -0.39 is 36.7 Å². The Labute approximate surface area is 101 Å². The smallest absolute Gasteiger partial charge is 0.314 e. The molecule has 0 amide bonds. The minimum Gasteiger partial charge on any atom is -0.481 e. The Balaban J connectivity index is -0.000000196. The van der Waals surface area contributed by atoms with Crippen molar-refractivity contribution in [1.82, 2.24) is 0 Å². The predicted octanol–water partition coefficient (Wildman–Crippen LogP) is -1.94. The topological polar surface area (TPSA) is 190 Å². The molecular formula is C8H14O10. The van der Waals surface area contributed by atoms with Crippen LogP contribution in [-0.4, -0.2) is 67.7 Å². The summed E-state index contributed by atoms with van der Waals surface area (Å²) >= 11 is 0. The van der Waals surface area contributed by atoms with E-state index in [1.807, 2.05) is 0 Å². The third-order valence-electron chi connectivity index (χ3n) is 0.705. The Morgan fingerprint density at radius 2 is 0.722 bits per heavy atom. The maximum atomic E-state index is 9.43. The van der Waals surface area contributed by atoms with Crippen LogP contribution >= 0.6 is 0 Å². The Bertz CT molecular complexity index is 219. The standard InChI is InChI=1S/2C3H4O4.C2H6O2/c2*4-2(5)1-3(6)7;3-1-2-4/h2*1H2,(H,4,5)(H,6,7);3-4H,1-2H2. The number of carbonyl (C=O) groups is 4. The second kappa shape index (κ2) is 14.8. The van der Waals surface area contributed by atoms with Crippen molar-refractivity contribution in [3.63, 3.8) is 0 Å². The van der Waals surface area contributed by atoms with Crippen LogP contribution in [0, 0.1) is 0 Å². The number of aliphatic hydroxyl groups is 2. The molecule has 0 atom stereocenters. The second-order valence-corrected chi connectivity index (χ2v) is 2.38. The Kier molecular flexibility index (Phi) is 17.4. The van der Waals surface area contributed by atoms with Gasteiger partial charge in [-0.05, 0) is 0 Å². The molecule has 0 saturated heterocycles. The molecule has 0 fully saturated rings. The van der Waals surface area contributed by atoms with Gasteiger partial charge in [0.05, 0.1) is 13.2 Å². The normalized spacial score (nSPS) is 7.89. The first-order valence-corrected chi connectivity index (χ1v) is 4.26. The molecule has 0 aromatic heterocycles. The molecule has 0 saturated carbocycles. The highest BCUT2D eigenvalue weighted by molar-refractivity contribution is 5.89. The van der Waals surface area contributed by atoms with Crippen LogP contribution in [0.15, 0.2) is 0 Å². The molecule has 0 spiro atoms. The average Bonchev–Trinajstić information content (AvgIpc) is 2.14. The van der Waals surface area contributed by atoms with Crippen LogP contribution in [0.2, 0.25) is 0 Å². The molecule has 0 aliphatic carbocycles. The number of rotatable bonds is 5. The average molecular weight is 270 g/mol. The molecule has 0 rings (SSSR count). The van der Waals surface area contributed by atoms with Gasteiger partial charge in [0.1, 0.15) is 12.8 Å². The summed E-state index contributed by atoms with van der Waals surface area (Å²) in [6.07, 6.45) is -1.61. The van der Waals surface area contributed by atoms with Gasteiger partial charge in [0.25, 0.3) is 0 Å². The van der Waals surface area contributed by atoms with Crippen LogP contribution in [0.5, 0.6) is 0 Å². The van der Waals surface area contributed by atoms with Gasteiger partial charge in [-0.15, -0.1) is 0 Å². The van der Waals surface area contributed by atoms with Crippen molar-refractivity contribution in [2.75, 3.05) is 13.2 Å². The van der Waals surface area contributed by atoms with Gasteiger partial charge in [0.2, 0.25) is 0 Å². The van der Waals surface area contributed by atoms with Crippen molar-refractivity contribution in [3.8, 4) is 0 Å². The van der Waals surface area contributed by atoms with Crippen LogP contribution in [-0.2, 0) is 19.2 Å². The van der Waals surface area contributed by atoms with E-state index in [1.165, 1.54) is 0 Å². The highest BCUT2D eigenvalue weighted by Gasteiger charge is 2.02. The summed E-state index contributed by atoms with van der Waals surface area (Å²) in [5.74, 6) is -5.25. The van der Waals surface area contributed by atoms with Crippen LogP contribution in [0.1, 0.15) is 12.8 Å². The van der Waals surface area contributed by atoms with Crippen LogP contribution < -0.4 is 0 Å². The van der Waals surface area contributed by atoms with Crippen LogP contribution in [0.3, 0.4) is 0 Å². The number of aliphatic hydroxyl groups excluding tert-OH is 2. The SMILES string of the molecule is O=C(O)CC(=O)O.O=C(O)CC(=O)O.OCCO. The molecule has 10 nitrogen and oxygen atoms in total. The fourth-order valence-corrected chi connectivity index (χ4v) is 0.259. The van der Waals surface area contributed by atoms with Gasteiger partial charge >= 0.3 is 23.9 Å². The largest absolute Gasteiger partial charge is 0.481 e. The summed E-state index contributed by atoms with van der Waals surface area (Å²) in [6, 6.07) is 0. The van der Waals surface area contributed by atoms with E-state index in [1.54, 1.807) is 0 Å². The molecule has 10 heteroatoms. The van der Waals surface area contributed by atoms with Crippen LogP contribution in [0.25, 0.3) is 0 Å². The molecule has 0 heterocycles. The number of carboxylic acid groups (broad SMARTS) is 4. The second-order valence-electron chi connectivity index (χ2n) is 2.38. The first kappa shape index (κ1) is 21.1. The van der Waals surface area contributed by atoms with E-state index in [0.29, 0.717) is 0 Å². The highest BCUT2D eigenvalue weighted by Crippen LogP contribution is 1.74. The third-order valence-corrected chi connectivity index (χ3v) is 0.705. The molecular weight excluding hydrogens is 256 g/mol. The molecule has 0 aliphatic rings. The summed E-state index contributed by atoms with van der Waals surface area (Å²) in [7, 11) is 0. The molecule has 18 heavy (non-hydrogen) atoms. The lowest BCUT2D eigenvalue weighted by Crippen LogP contribution is -2.03. The zero-order valence-electron chi connectivity index (χ0n) is 9.14. The van der Waals surface area contributed by atoms with Crippen molar-refractivity contribution in [1.29, 1.82) is 0 Å². The summed E-state index contributed by atoms with van der Waals surface area (Å²) in [5.41, 5.74) is 0. The maximum Gasteiger partial charge on any atom is 0.314 e. The summed E-state index contributed by atoms with van der Waals surface area (Å²) < 4.78 is 0. The molecule has 0 aromatic rings. The molecule has 106 valence electrons. The number of hydrogen-bond donors (Lipinski definition) is 6. The summed E-state index contributed by atoms with van der Waals surface area (Å²) in [6.45, 7) is -0.250. The fraction of sp³-hybridized carbons (Fsp3) is 0.500. The molecule has 0 radical (unpaired) electrons. The van der Waals surface area contributed by atoms with E-state index in [4.69, 9.17) is 30.6 Å². The quantitative estimate of drug-likeness (QED) is 0.306. The van der Waals surface area contributed by atoms with Crippen LogP contribution in [0.4, 0.5) is 0 Å². The van der Waals surface area contributed by atoms with E-state index in [2.05, 4.69) is 0 Å². The zero-order valence-corrected chi connectivity index (χ0v) is 9.14. The van der Waals surface area contributed by atoms with Gasteiger partial charge in [-0.1, -0.05) is 0 Å². The predicted molar refractivity (Wildman–Crippen MR) is 53.9 cm³/mol. The maximum absolute atomic E-state index is 9.43. The third kappa shape index (κ3) is 48.9. The monoisotopic (exact) mass is 270 g/mol. The first-order chi connectivity index (χ1) is 8.17. The van der Waals surface area contributed by atoms with Crippen molar-refractivity contribution in [2.24, 2.45) is 0 Å². The minimum absolute atomic E-state index is 0.125. The van der Waals surface area contributed by atoms with Crippen molar-refractivity contribution >= 4 is 23.9 Å².